The van der Waals surface area contributed by atoms with E-state index in [0.29, 0.717) is 16.3 Å². The van der Waals surface area contributed by atoms with Crippen LogP contribution in [0.4, 0.5) is 5.69 Å². The molecule has 0 aliphatic heterocycles. The molecule has 0 atom stereocenters. The Morgan fingerprint density at radius 3 is 2.78 bits per heavy atom. The van der Waals surface area contributed by atoms with Crippen molar-refractivity contribution in [3.63, 3.8) is 0 Å². The minimum Gasteiger partial charge on any atom is -0.465 e. The zero-order valence-corrected chi connectivity index (χ0v) is 10.5. The topological polar surface area (TPSA) is 78.1 Å². The summed E-state index contributed by atoms with van der Waals surface area (Å²) in [5.74, 6) is -0.474. The van der Waals surface area contributed by atoms with Crippen molar-refractivity contribution in [1.29, 1.82) is 0 Å². The van der Waals surface area contributed by atoms with Gasteiger partial charge in [0.05, 0.1) is 18.4 Å². The summed E-state index contributed by atoms with van der Waals surface area (Å²) in [6.07, 6.45) is 3.20. The average Bonchev–Trinajstić information content (AvgIpc) is 2.41. The predicted molar refractivity (Wildman–Crippen MR) is 68.3 cm³/mol. The zero-order chi connectivity index (χ0) is 13.0. The van der Waals surface area contributed by atoms with Crippen molar-refractivity contribution in [2.24, 2.45) is 0 Å². The lowest BCUT2D eigenvalue weighted by Gasteiger charge is -2.07. The molecule has 2 aromatic rings. The molecule has 0 fully saturated rings. The first-order chi connectivity index (χ1) is 8.72. The van der Waals surface area contributed by atoms with E-state index in [2.05, 4.69) is 14.7 Å². The molecule has 0 unspecified atom stereocenters. The summed E-state index contributed by atoms with van der Waals surface area (Å²) in [6, 6.07) is 7.07. The largest absolute Gasteiger partial charge is 0.465 e. The van der Waals surface area contributed by atoms with Crippen molar-refractivity contribution in [1.82, 2.24) is 9.97 Å². The highest BCUT2D eigenvalue weighted by Gasteiger charge is 2.14. The molecule has 2 heterocycles. The maximum Gasteiger partial charge on any atom is 0.340 e. The standard InChI is InChI=1S/C12H11N3O2S/c1-17-12(16)8-5-7-15-11(10(8)13)18-9-4-2-3-6-14-9/h2-7H,13H2,1H3. The Labute approximate surface area is 108 Å². The molecule has 2 N–H and O–H groups in total. The van der Waals surface area contributed by atoms with Gasteiger partial charge in [0.25, 0.3) is 0 Å². The van der Waals surface area contributed by atoms with E-state index in [-0.39, 0.29) is 0 Å². The number of hydrogen-bond donors (Lipinski definition) is 1. The molecule has 0 bridgehead atoms. The van der Waals surface area contributed by atoms with Crippen LogP contribution < -0.4 is 5.73 Å². The fourth-order valence-electron chi connectivity index (χ4n) is 1.33. The minimum atomic E-state index is -0.474. The van der Waals surface area contributed by atoms with Gasteiger partial charge in [-0.05, 0) is 30.0 Å². The van der Waals surface area contributed by atoms with Crippen molar-refractivity contribution < 1.29 is 9.53 Å². The molecule has 92 valence electrons. The average molecular weight is 261 g/mol. The number of hydrogen-bond acceptors (Lipinski definition) is 6. The van der Waals surface area contributed by atoms with E-state index in [9.17, 15) is 4.79 Å². The molecule has 2 rings (SSSR count). The lowest BCUT2D eigenvalue weighted by Crippen LogP contribution is -2.07. The van der Waals surface area contributed by atoms with Gasteiger partial charge in [-0.2, -0.15) is 0 Å². The molecule has 18 heavy (non-hydrogen) atoms. The summed E-state index contributed by atoms with van der Waals surface area (Å²) < 4.78 is 4.65. The summed E-state index contributed by atoms with van der Waals surface area (Å²) in [7, 11) is 1.31. The van der Waals surface area contributed by atoms with Crippen LogP contribution in [0.3, 0.4) is 0 Å². The molecule has 0 amide bonds. The van der Waals surface area contributed by atoms with E-state index in [1.54, 1.807) is 6.20 Å². The Morgan fingerprint density at radius 2 is 2.11 bits per heavy atom. The fourth-order valence-corrected chi connectivity index (χ4v) is 2.12. The van der Waals surface area contributed by atoms with Gasteiger partial charge in [-0.1, -0.05) is 6.07 Å². The number of carbonyl (C=O) groups excluding carboxylic acids is 1. The maximum atomic E-state index is 11.5. The number of nitrogens with two attached hydrogens (primary N) is 1. The van der Waals surface area contributed by atoms with Crippen LogP contribution in [0.5, 0.6) is 0 Å². The second-order valence-electron chi connectivity index (χ2n) is 3.34. The van der Waals surface area contributed by atoms with Crippen LogP contribution >= 0.6 is 11.8 Å². The van der Waals surface area contributed by atoms with Gasteiger partial charge in [0.15, 0.2) is 0 Å². The SMILES string of the molecule is COC(=O)c1ccnc(Sc2ccccn2)c1N. The van der Waals surface area contributed by atoms with Crippen molar-refractivity contribution in [2.75, 3.05) is 12.8 Å². The van der Waals surface area contributed by atoms with Crippen molar-refractivity contribution in [3.05, 3.63) is 42.2 Å². The highest BCUT2D eigenvalue weighted by atomic mass is 32.2. The van der Waals surface area contributed by atoms with E-state index in [1.807, 2.05) is 18.2 Å². The van der Waals surface area contributed by atoms with Crippen molar-refractivity contribution in [3.8, 4) is 0 Å². The molecule has 0 aliphatic rings. The Balaban J connectivity index is 2.32. The molecule has 5 nitrogen and oxygen atoms in total. The molecular formula is C12H11N3O2S. The second-order valence-corrected chi connectivity index (χ2v) is 4.35. The first-order valence-corrected chi connectivity index (χ1v) is 5.95. The number of methoxy groups -OCH3 is 1. The summed E-state index contributed by atoms with van der Waals surface area (Å²) in [5.41, 5.74) is 6.51. The summed E-state index contributed by atoms with van der Waals surface area (Å²) in [5, 5.41) is 1.30. The maximum absolute atomic E-state index is 11.5. The van der Waals surface area contributed by atoms with Gasteiger partial charge in [0, 0.05) is 12.4 Å². The number of esters is 1. The number of nitrogen functional groups attached to an aromatic ring is 1. The minimum absolute atomic E-state index is 0.306. The van der Waals surface area contributed by atoms with Crippen LogP contribution in [-0.2, 0) is 4.74 Å². The van der Waals surface area contributed by atoms with E-state index >= 15 is 0 Å². The first-order valence-electron chi connectivity index (χ1n) is 5.14. The highest BCUT2D eigenvalue weighted by molar-refractivity contribution is 7.99. The number of anilines is 1. The Kier molecular flexibility index (Phi) is 3.78. The monoisotopic (exact) mass is 261 g/mol. The predicted octanol–water partition coefficient (Wildman–Crippen LogP) is 2.00. The third kappa shape index (κ3) is 2.60. The first kappa shape index (κ1) is 12.4. The number of pyridine rings is 2. The van der Waals surface area contributed by atoms with Gasteiger partial charge in [0.1, 0.15) is 10.1 Å². The van der Waals surface area contributed by atoms with Gasteiger partial charge in [-0.25, -0.2) is 14.8 Å². The zero-order valence-electron chi connectivity index (χ0n) is 9.66. The van der Waals surface area contributed by atoms with E-state index < -0.39 is 5.97 Å². The number of ether oxygens (including phenoxy) is 1. The smallest absolute Gasteiger partial charge is 0.340 e. The van der Waals surface area contributed by atoms with Crippen LogP contribution in [-0.4, -0.2) is 23.0 Å². The highest BCUT2D eigenvalue weighted by Crippen LogP contribution is 2.30. The molecule has 0 radical (unpaired) electrons. The van der Waals surface area contributed by atoms with Crippen molar-refractivity contribution >= 4 is 23.4 Å². The number of carbonyl (C=O) groups is 1. The van der Waals surface area contributed by atoms with E-state index in [4.69, 9.17) is 5.73 Å². The van der Waals surface area contributed by atoms with E-state index in [0.717, 1.165) is 5.03 Å². The third-order valence-electron chi connectivity index (χ3n) is 2.20. The molecule has 0 aromatic carbocycles. The van der Waals surface area contributed by atoms with Crippen LogP contribution in [0.2, 0.25) is 0 Å². The van der Waals surface area contributed by atoms with E-state index in [1.165, 1.54) is 31.1 Å². The van der Waals surface area contributed by atoms with Gasteiger partial charge in [0.2, 0.25) is 0 Å². The Hall–Kier alpha value is -2.08. The Morgan fingerprint density at radius 1 is 1.28 bits per heavy atom. The van der Waals surface area contributed by atoms with Gasteiger partial charge < -0.3 is 10.5 Å². The normalized spacial score (nSPS) is 10.1. The second kappa shape index (κ2) is 5.50. The summed E-state index contributed by atoms with van der Waals surface area (Å²) in [4.78, 5) is 19.8. The van der Waals surface area contributed by atoms with Gasteiger partial charge in [-0.15, -0.1) is 0 Å². The van der Waals surface area contributed by atoms with Crippen LogP contribution in [0.1, 0.15) is 10.4 Å². The summed E-state index contributed by atoms with van der Waals surface area (Å²) >= 11 is 1.30. The molecule has 2 aromatic heterocycles. The lowest BCUT2D eigenvalue weighted by molar-refractivity contribution is 0.0601. The van der Waals surface area contributed by atoms with Crippen molar-refractivity contribution in [2.45, 2.75) is 10.1 Å². The van der Waals surface area contributed by atoms with Crippen LogP contribution in [0.25, 0.3) is 0 Å². The fraction of sp³-hybridized carbons (Fsp3) is 0.0833. The molecule has 0 saturated heterocycles. The molecule has 6 heteroatoms. The number of aromatic nitrogens is 2. The number of rotatable bonds is 3. The Bertz CT molecular complexity index is 561. The quantitative estimate of drug-likeness (QED) is 0.851. The molecular weight excluding hydrogens is 250 g/mol. The van der Waals surface area contributed by atoms with Gasteiger partial charge >= 0.3 is 5.97 Å². The van der Waals surface area contributed by atoms with Crippen LogP contribution in [0, 0.1) is 0 Å². The van der Waals surface area contributed by atoms with Gasteiger partial charge in [-0.3, -0.25) is 0 Å². The summed E-state index contributed by atoms with van der Waals surface area (Å²) in [6.45, 7) is 0. The molecule has 0 aliphatic carbocycles. The van der Waals surface area contributed by atoms with Crippen LogP contribution in [0.15, 0.2) is 46.7 Å². The number of nitrogens with zero attached hydrogens (tertiary/aromatic N) is 2. The third-order valence-corrected chi connectivity index (χ3v) is 3.17. The molecule has 0 saturated carbocycles. The molecule has 0 spiro atoms. The lowest BCUT2D eigenvalue weighted by atomic mass is 10.2.